The van der Waals surface area contributed by atoms with E-state index in [1.807, 2.05) is 6.92 Å². The van der Waals surface area contributed by atoms with Gasteiger partial charge in [0.15, 0.2) is 0 Å². The minimum absolute atomic E-state index is 0.290. The molecule has 1 atom stereocenters. The maximum Gasteiger partial charge on any atom is 0.104 e. The number of rotatable bonds is 2. The van der Waals surface area contributed by atoms with Gasteiger partial charge in [-0.2, -0.15) is 0 Å². The first-order chi connectivity index (χ1) is 5.24. The molecule has 0 amide bonds. The second-order valence-electron chi connectivity index (χ2n) is 3.01. The Morgan fingerprint density at radius 3 is 2.27 bits per heavy atom. The van der Waals surface area contributed by atoms with Gasteiger partial charge in [0.2, 0.25) is 0 Å². The van der Waals surface area contributed by atoms with Gasteiger partial charge in [-0.3, -0.25) is 4.90 Å². The van der Waals surface area contributed by atoms with Crippen molar-refractivity contribution in [3.63, 3.8) is 0 Å². The third-order valence-electron chi connectivity index (χ3n) is 2.25. The van der Waals surface area contributed by atoms with Crippen molar-refractivity contribution in [2.24, 2.45) is 0 Å². The van der Waals surface area contributed by atoms with Crippen molar-refractivity contribution in [3.05, 3.63) is 6.92 Å². The Morgan fingerprint density at radius 1 is 1.36 bits per heavy atom. The molecule has 11 heavy (non-hydrogen) atoms. The molecule has 0 aromatic heterocycles. The third-order valence-corrected chi connectivity index (χ3v) is 2.25. The summed E-state index contributed by atoms with van der Waals surface area (Å²) in [5.74, 6) is 0. The average molecular weight is 157 g/mol. The predicted octanol–water partition coefficient (Wildman–Crippen LogP) is -0.224. The second kappa shape index (κ2) is 4.04. The SMILES string of the molecule is [CH2]CN1CCN(C(C)O)CC1. The molecular weight excluding hydrogens is 140 g/mol. The fourth-order valence-electron chi connectivity index (χ4n) is 1.36. The van der Waals surface area contributed by atoms with E-state index in [0.717, 1.165) is 32.7 Å². The molecule has 1 N–H and O–H groups in total. The molecular formula is C8H17N2O. The molecule has 0 saturated carbocycles. The molecule has 1 aliphatic rings. The molecule has 1 aliphatic heterocycles. The highest BCUT2D eigenvalue weighted by molar-refractivity contribution is 4.72. The van der Waals surface area contributed by atoms with Crippen LogP contribution in [-0.2, 0) is 0 Å². The van der Waals surface area contributed by atoms with E-state index in [1.165, 1.54) is 0 Å². The van der Waals surface area contributed by atoms with E-state index in [2.05, 4.69) is 16.7 Å². The van der Waals surface area contributed by atoms with Crippen molar-refractivity contribution in [1.29, 1.82) is 0 Å². The minimum Gasteiger partial charge on any atom is -0.379 e. The lowest BCUT2D eigenvalue weighted by atomic mass is 10.3. The Morgan fingerprint density at radius 2 is 1.91 bits per heavy atom. The monoisotopic (exact) mass is 157 g/mol. The van der Waals surface area contributed by atoms with Gasteiger partial charge in [0.25, 0.3) is 0 Å². The molecule has 3 heteroatoms. The molecule has 0 bridgehead atoms. The van der Waals surface area contributed by atoms with Crippen LogP contribution in [0.5, 0.6) is 0 Å². The van der Waals surface area contributed by atoms with Crippen molar-refractivity contribution < 1.29 is 5.11 Å². The number of piperazine rings is 1. The van der Waals surface area contributed by atoms with E-state index in [1.54, 1.807) is 0 Å². The summed E-state index contributed by atoms with van der Waals surface area (Å²) in [6.07, 6.45) is -0.290. The van der Waals surface area contributed by atoms with Crippen molar-refractivity contribution in [1.82, 2.24) is 9.80 Å². The summed E-state index contributed by atoms with van der Waals surface area (Å²) in [6, 6.07) is 0. The lowest BCUT2D eigenvalue weighted by Gasteiger charge is -2.35. The lowest BCUT2D eigenvalue weighted by molar-refractivity contribution is -0.0108. The maximum absolute atomic E-state index is 9.23. The van der Waals surface area contributed by atoms with Crippen LogP contribution in [0.15, 0.2) is 0 Å². The fourth-order valence-corrected chi connectivity index (χ4v) is 1.36. The summed E-state index contributed by atoms with van der Waals surface area (Å²) in [5.41, 5.74) is 0. The van der Waals surface area contributed by atoms with Crippen LogP contribution in [0.25, 0.3) is 0 Å². The number of aliphatic hydroxyl groups excluding tert-OH is 1. The molecule has 0 aromatic rings. The topological polar surface area (TPSA) is 26.7 Å². The zero-order chi connectivity index (χ0) is 8.27. The smallest absolute Gasteiger partial charge is 0.104 e. The van der Waals surface area contributed by atoms with Crippen LogP contribution in [-0.4, -0.2) is 53.9 Å². The summed E-state index contributed by atoms with van der Waals surface area (Å²) in [5, 5.41) is 9.23. The van der Waals surface area contributed by atoms with Gasteiger partial charge < -0.3 is 10.0 Å². The Kier molecular flexibility index (Phi) is 3.30. The van der Waals surface area contributed by atoms with Crippen molar-refractivity contribution >= 4 is 0 Å². The van der Waals surface area contributed by atoms with E-state index in [-0.39, 0.29) is 6.23 Å². The van der Waals surface area contributed by atoms with Gasteiger partial charge in [0.05, 0.1) is 0 Å². The first-order valence-electron chi connectivity index (χ1n) is 4.17. The fraction of sp³-hybridized carbons (Fsp3) is 0.875. The van der Waals surface area contributed by atoms with Gasteiger partial charge in [-0.1, -0.05) is 0 Å². The van der Waals surface area contributed by atoms with E-state index in [4.69, 9.17) is 0 Å². The van der Waals surface area contributed by atoms with Gasteiger partial charge in [-0.15, -0.1) is 0 Å². The zero-order valence-corrected chi connectivity index (χ0v) is 7.16. The number of hydrogen-bond donors (Lipinski definition) is 1. The van der Waals surface area contributed by atoms with E-state index < -0.39 is 0 Å². The minimum atomic E-state index is -0.290. The van der Waals surface area contributed by atoms with Gasteiger partial charge >= 0.3 is 0 Å². The molecule has 1 rings (SSSR count). The number of hydrogen-bond acceptors (Lipinski definition) is 3. The predicted molar refractivity (Wildman–Crippen MR) is 45.1 cm³/mol. The van der Waals surface area contributed by atoms with Crippen LogP contribution >= 0.6 is 0 Å². The van der Waals surface area contributed by atoms with Crippen LogP contribution in [0.3, 0.4) is 0 Å². The molecule has 1 unspecified atom stereocenters. The van der Waals surface area contributed by atoms with Gasteiger partial charge in [-0.25, -0.2) is 0 Å². The highest BCUT2D eigenvalue weighted by Crippen LogP contribution is 2.03. The Bertz CT molecular complexity index is 109. The van der Waals surface area contributed by atoms with Crippen molar-refractivity contribution in [3.8, 4) is 0 Å². The van der Waals surface area contributed by atoms with Crippen molar-refractivity contribution in [2.45, 2.75) is 13.2 Å². The molecule has 65 valence electrons. The summed E-state index contributed by atoms with van der Waals surface area (Å²) in [7, 11) is 0. The standard InChI is InChI=1S/C8H17N2O/c1-3-9-4-6-10(7-5-9)8(2)11/h8,11H,1,3-7H2,2H3. The van der Waals surface area contributed by atoms with Gasteiger partial charge in [0, 0.05) is 26.2 Å². The normalized spacial score (nSPS) is 25.4. The first-order valence-corrected chi connectivity index (χ1v) is 4.17. The highest BCUT2D eigenvalue weighted by atomic mass is 16.3. The maximum atomic E-state index is 9.23. The summed E-state index contributed by atoms with van der Waals surface area (Å²) in [4.78, 5) is 4.37. The first kappa shape index (κ1) is 8.97. The number of nitrogens with zero attached hydrogens (tertiary/aromatic N) is 2. The van der Waals surface area contributed by atoms with Gasteiger partial charge in [0.1, 0.15) is 6.23 Å². The largest absolute Gasteiger partial charge is 0.379 e. The van der Waals surface area contributed by atoms with E-state index in [9.17, 15) is 5.11 Å². The van der Waals surface area contributed by atoms with E-state index >= 15 is 0 Å². The summed E-state index contributed by atoms with van der Waals surface area (Å²) >= 11 is 0. The van der Waals surface area contributed by atoms with Crippen LogP contribution in [0.4, 0.5) is 0 Å². The zero-order valence-electron chi connectivity index (χ0n) is 7.16. The van der Waals surface area contributed by atoms with Crippen LogP contribution in [0, 0.1) is 6.92 Å². The number of aliphatic hydroxyl groups is 1. The van der Waals surface area contributed by atoms with Crippen LogP contribution in [0.1, 0.15) is 6.92 Å². The lowest BCUT2D eigenvalue weighted by Crippen LogP contribution is -2.49. The van der Waals surface area contributed by atoms with E-state index in [0.29, 0.717) is 0 Å². The van der Waals surface area contributed by atoms with Crippen LogP contribution < -0.4 is 0 Å². The third kappa shape index (κ3) is 2.43. The van der Waals surface area contributed by atoms with Crippen LogP contribution in [0.2, 0.25) is 0 Å². The molecule has 1 saturated heterocycles. The Labute approximate surface area is 68.6 Å². The molecule has 1 fully saturated rings. The Hall–Kier alpha value is -0.120. The molecule has 0 spiro atoms. The summed E-state index contributed by atoms with van der Waals surface area (Å²) in [6.45, 7) is 10.5. The molecule has 1 radical (unpaired) electrons. The second-order valence-corrected chi connectivity index (χ2v) is 3.01. The van der Waals surface area contributed by atoms with Crippen molar-refractivity contribution in [2.75, 3.05) is 32.7 Å². The Balaban J connectivity index is 2.24. The quantitative estimate of drug-likeness (QED) is 0.600. The average Bonchev–Trinajstić information content (AvgIpc) is 2.05. The highest BCUT2D eigenvalue weighted by Gasteiger charge is 2.17. The van der Waals surface area contributed by atoms with Gasteiger partial charge in [-0.05, 0) is 20.4 Å². The molecule has 3 nitrogen and oxygen atoms in total. The summed E-state index contributed by atoms with van der Waals surface area (Å²) < 4.78 is 0. The molecule has 0 aliphatic carbocycles. The molecule has 1 heterocycles. The molecule has 0 aromatic carbocycles.